The lowest BCUT2D eigenvalue weighted by atomic mass is 10.3. The topological polar surface area (TPSA) is 116 Å². The van der Waals surface area contributed by atoms with Crippen LogP contribution in [0.1, 0.15) is 27.2 Å². The third kappa shape index (κ3) is 9.66. The van der Waals surface area contributed by atoms with Gasteiger partial charge in [0.15, 0.2) is 11.6 Å². The van der Waals surface area contributed by atoms with E-state index in [4.69, 9.17) is 4.74 Å². The summed E-state index contributed by atoms with van der Waals surface area (Å²) in [6.07, 6.45) is 2.29. The Morgan fingerprint density at radius 1 is 0.950 bits per heavy atom. The highest BCUT2D eigenvalue weighted by atomic mass is 19.1. The number of hydrogen-bond acceptors (Lipinski definition) is 6. The smallest absolute Gasteiger partial charge is 0.325 e. The minimum absolute atomic E-state index is 0.0884. The zero-order valence-corrected chi connectivity index (χ0v) is 23.2. The monoisotopic (exact) mass is 550 g/mol. The van der Waals surface area contributed by atoms with Gasteiger partial charge in [-0.1, -0.05) is 32.0 Å². The van der Waals surface area contributed by atoms with Gasteiger partial charge in [-0.3, -0.25) is 15.4 Å². The van der Waals surface area contributed by atoms with Crippen molar-refractivity contribution in [3.05, 3.63) is 66.6 Å². The molecule has 0 radical (unpaired) electrons. The van der Waals surface area contributed by atoms with E-state index in [1.807, 2.05) is 5.32 Å². The van der Waals surface area contributed by atoms with Crippen LogP contribution >= 0.6 is 0 Å². The number of ether oxygens (including phenoxy) is 1. The first-order valence-corrected chi connectivity index (χ1v) is 13.1. The lowest BCUT2D eigenvalue weighted by Gasteiger charge is -2.21. The molecule has 0 unspecified atom stereocenters. The van der Waals surface area contributed by atoms with E-state index in [9.17, 15) is 18.8 Å². The quantitative estimate of drug-likeness (QED) is 0.239. The molecule has 0 fully saturated rings. The van der Waals surface area contributed by atoms with Crippen LogP contribution in [0.3, 0.4) is 0 Å². The van der Waals surface area contributed by atoms with Crippen molar-refractivity contribution in [1.82, 2.24) is 20.1 Å². The maximum atomic E-state index is 14.4. The fourth-order valence-corrected chi connectivity index (χ4v) is 3.71. The average Bonchev–Trinajstić information content (AvgIpc) is 3.51. The van der Waals surface area contributed by atoms with Gasteiger partial charge in [-0.05, 0) is 61.4 Å². The van der Waals surface area contributed by atoms with Gasteiger partial charge in [0.1, 0.15) is 11.6 Å². The molecule has 1 aromatic carbocycles. The highest BCUT2D eigenvalue weighted by Crippen LogP contribution is 2.32. The molecule has 3 N–H and O–H groups in total. The number of carbonyl (C=O) groups excluding carboxylic acids is 3. The molecule has 5 amide bonds. The largest absolute Gasteiger partial charge is 0.454 e. The second-order valence-corrected chi connectivity index (χ2v) is 9.07. The van der Waals surface area contributed by atoms with Crippen molar-refractivity contribution in [3.8, 4) is 22.6 Å². The molecule has 11 heteroatoms. The van der Waals surface area contributed by atoms with E-state index < -0.39 is 17.8 Å². The highest BCUT2D eigenvalue weighted by Gasteiger charge is 2.13. The normalized spacial score (nSPS) is 10.7. The van der Waals surface area contributed by atoms with E-state index in [1.165, 1.54) is 48.5 Å². The second-order valence-electron chi connectivity index (χ2n) is 9.07. The first kappa shape index (κ1) is 30.0. The third-order valence-corrected chi connectivity index (χ3v) is 6.00. The van der Waals surface area contributed by atoms with Gasteiger partial charge < -0.3 is 19.9 Å². The molecule has 1 aromatic heterocycles. The Morgan fingerprint density at radius 2 is 1.68 bits per heavy atom. The van der Waals surface area contributed by atoms with Crippen LogP contribution in [0.5, 0.6) is 11.5 Å². The zero-order chi connectivity index (χ0) is 29.1. The molecular weight excluding hydrogens is 515 g/mol. The summed E-state index contributed by atoms with van der Waals surface area (Å²) >= 11 is 0. The van der Waals surface area contributed by atoms with E-state index in [0.29, 0.717) is 6.54 Å². The van der Waals surface area contributed by atoms with Crippen molar-refractivity contribution in [2.45, 2.75) is 27.2 Å². The Balaban J connectivity index is 0.000000634. The predicted octanol–water partition coefficient (Wildman–Crippen LogP) is 5.54. The van der Waals surface area contributed by atoms with Crippen LogP contribution in [0.2, 0.25) is 0 Å². The van der Waals surface area contributed by atoms with Crippen LogP contribution < -0.4 is 20.7 Å². The number of fused-ring (bicyclic) bond motifs is 1. The molecule has 212 valence electrons. The summed E-state index contributed by atoms with van der Waals surface area (Å²) < 4.78 is 20.0. The maximum Gasteiger partial charge on any atom is 0.325 e. The number of urea groups is 2. The number of anilines is 2. The molecular formula is C29H35FN6O4. The minimum atomic E-state index is -0.770. The Morgan fingerprint density at radius 3 is 2.25 bits per heavy atom. The number of nitrogens with zero attached hydrogens (tertiary/aromatic N) is 3. The number of nitrogens with one attached hydrogen (secondary N) is 3. The molecule has 4 rings (SSSR count). The predicted molar refractivity (Wildman–Crippen MR) is 153 cm³/mol. The van der Waals surface area contributed by atoms with Crippen LogP contribution in [-0.4, -0.2) is 66.0 Å². The summed E-state index contributed by atoms with van der Waals surface area (Å²) in [6, 6.07) is 14.2. The Hall–Kier alpha value is -4.51. The van der Waals surface area contributed by atoms with Crippen molar-refractivity contribution in [2.24, 2.45) is 0 Å². The number of halogens is 1. The summed E-state index contributed by atoms with van der Waals surface area (Å²) in [5.41, 5.74) is 3.00. The summed E-state index contributed by atoms with van der Waals surface area (Å²) in [4.78, 5) is 42.9. The number of amides is 5. The standard InChI is InChI=1S/C23H31FN6O4.C6H4/c1-5-30(6-2)13-7-12-29(4)23(33)28-21-15-18(10-11-25-21)34-20-9-8-17(14-19(20)24)27-22(32)26-16(3)31;1-2-5-4-6(5)3-1/h8-11,14-15H,5-7,12-13H2,1-4H3,(H,25,28,33)(H2,26,27,31,32);1-4H. The lowest BCUT2D eigenvalue weighted by Crippen LogP contribution is -2.34. The number of rotatable bonds is 10. The molecule has 1 heterocycles. The van der Waals surface area contributed by atoms with Gasteiger partial charge in [0.05, 0.1) is 0 Å². The summed E-state index contributed by atoms with van der Waals surface area (Å²) in [5, 5.41) is 7.07. The third-order valence-electron chi connectivity index (χ3n) is 6.00. The number of pyridine rings is 1. The van der Waals surface area contributed by atoms with Gasteiger partial charge in [-0.15, -0.1) is 0 Å². The van der Waals surface area contributed by atoms with Gasteiger partial charge in [0, 0.05) is 44.5 Å². The Labute approximate surface area is 233 Å². The molecule has 40 heavy (non-hydrogen) atoms. The second kappa shape index (κ2) is 14.6. The van der Waals surface area contributed by atoms with Crippen LogP contribution in [-0.2, 0) is 4.79 Å². The fourth-order valence-electron chi connectivity index (χ4n) is 3.71. The SMILES string of the molecule is CCN(CC)CCCN(C)C(=O)Nc1cc(Oc2ccc(NC(=O)NC(C)=O)cc2F)ccn1.c1cc2cc-2c1. The number of carbonyl (C=O) groups is 3. The van der Waals surface area contributed by atoms with Gasteiger partial charge in [0.25, 0.3) is 0 Å². The first-order valence-electron chi connectivity index (χ1n) is 13.1. The van der Waals surface area contributed by atoms with Crippen LogP contribution in [0.15, 0.2) is 60.8 Å². The zero-order valence-electron chi connectivity index (χ0n) is 23.2. The Kier molecular flexibility index (Phi) is 11.0. The molecule has 0 saturated carbocycles. The molecule has 2 aliphatic carbocycles. The first-order chi connectivity index (χ1) is 19.2. The molecule has 0 saturated heterocycles. The number of imide groups is 1. The van der Waals surface area contributed by atoms with Gasteiger partial charge in [-0.25, -0.2) is 19.0 Å². The van der Waals surface area contributed by atoms with E-state index in [1.54, 1.807) is 11.9 Å². The van der Waals surface area contributed by atoms with Crippen LogP contribution in [0.25, 0.3) is 11.1 Å². The summed E-state index contributed by atoms with van der Waals surface area (Å²) in [7, 11) is 1.71. The van der Waals surface area contributed by atoms with E-state index in [2.05, 4.69) is 58.6 Å². The van der Waals surface area contributed by atoms with Crippen LogP contribution in [0.4, 0.5) is 25.5 Å². The Bertz CT molecular complexity index is 1310. The molecule has 2 aromatic rings. The molecule has 0 aliphatic heterocycles. The molecule has 2 aliphatic rings. The molecule has 0 atom stereocenters. The molecule has 0 bridgehead atoms. The van der Waals surface area contributed by atoms with Crippen molar-refractivity contribution in [3.63, 3.8) is 0 Å². The highest BCUT2D eigenvalue weighted by molar-refractivity contribution is 6.00. The molecule has 10 nitrogen and oxygen atoms in total. The molecule has 0 spiro atoms. The number of aromatic nitrogens is 1. The average molecular weight is 551 g/mol. The van der Waals surface area contributed by atoms with Gasteiger partial charge in [0.2, 0.25) is 5.91 Å². The number of benzene rings is 2. The van der Waals surface area contributed by atoms with Crippen molar-refractivity contribution in [2.75, 3.05) is 43.9 Å². The number of hydrogen-bond donors (Lipinski definition) is 3. The lowest BCUT2D eigenvalue weighted by molar-refractivity contribution is -0.117. The van der Waals surface area contributed by atoms with Gasteiger partial charge in [-0.2, -0.15) is 0 Å². The fraction of sp³-hybridized carbons (Fsp3) is 0.310. The van der Waals surface area contributed by atoms with E-state index >= 15 is 0 Å². The van der Waals surface area contributed by atoms with Crippen molar-refractivity contribution < 1.29 is 23.5 Å². The van der Waals surface area contributed by atoms with Crippen LogP contribution in [0, 0.1) is 5.82 Å². The summed E-state index contributed by atoms with van der Waals surface area (Å²) in [5.74, 6) is -0.823. The van der Waals surface area contributed by atoms with E-state index in [-0.39, 0.29) is 29.0 Å². The van der Waals surface area contributed by atoms with Crippen molar-refractivity contribution >= 4 is 29.5 Å². The minimum Gasteiger partial charge on any atom is -0.454 e. The summed E-state index contributed by atoms with van der Waals surface area (Å²) in [6.45, 7) is 8.84. The maximum absolute atomic E-state index is 14.4. The van der Waals surface area contributed by atoms with E-state index in [0.717, 1.165) is 32.1 Å². The van der Waals surface area contributed by atoms with Crippen molar-refractivity contribution in [1.29, 1.82) is 0 Å². The van der Waals surface area contributed by atoms with Gasteiger partial charge >= 0.3 is 12.1 Å².